The minimum Gasteiger partial charge on any atom is -0.351 e. The summed E-state index contributed by atoms with van der Waals surface area (Å²) in [6, 6.07) is 5.04. The van der Waals surface area contributed by atoms with Gasteiger partial charge in [0.1, 0.15) is 0 Å². The molecule has 9 heteroatoms. The normalized spacial score (nSPS) is 12.7. The number of amides is 1. The van der Waals surface area contributed by atoms with Crippen LogP contribution in [0.15, 0.2) is 29.6 Å². The van der Waals surface area contributed by atoms with E-state index in [9.17, 15) is 13.2 Å². The Kier molecular flexibility index (Phi) is 5.92. The van der Waals surface area contributed by atoms with Crippen LogP contribution in [0.5, 0.6) is 0 Å². The second-order valence-electron chi connectivity index (χ2n) is 4.99. The van der Waals surface area contributed by atoms with Gasteiger partial charge in [0.25, 0.3) is 5.91 Å². The van der Waals surface area contributed by atoms with E-state index in [1.807, 2.05) is 6.92 Å². The summed E-state index contributed by atoms with van der Waals surface area (Å²) in [4.78, 5) is 16.1. The molecule has 0 saturated carbocycles. The highest BCUT2D eigenvalue weighted by Gasteiger charge is 2.22. The van der Waals surface area contributed by atoms with Gasteiger partial charge in [-0.3, -0.25) is 9.20 Å². The van der Waals surface area contributed by atoms with E-state index >= 15 is 0 Å². The Balaban J connectivity index is 0.00000242. The molecule has 0 saturated heterocycles. The Morgan fingerprint density at radius 3 is 2.73 bits per heavy atom. The number of fused-ring (bicyclic) bond motifs is 1. The first kappa shape index (κ1) is 18.4. The summed E-state index contributed by atoms with van der Waals surface area (Å²) < 4.78 is 24.9. The van der Waals surface area contributed by atoms with Gasteiger partial charge < -0.3 is 11.1 Å². The number of sulfone groups is 1. The minimum atomic E-state index is -3.52. The number of rotatable bonds is 5. The van der Waals surface area contributed by atoms with Gasteiger partial charge in [-0.1, -0.05) is 6.07 Å². The van der Waals surface area contributed by atoms with Crippen LogP contribution in [0, 0.1) is 0 Å². The molecule has 22 heavy (non-hydrogen) atoms. The molecule has 2 aromatic rings. The summed E-state index contributed by atoms with van der Waals surface area (Å²) in [5, 5.41) is 2.55. The summed E-state index contributed by atoms with van der Waals surface area (Å²) in [6.45, 7) is 2.26. The van der Waals surface area contributed by atoms with E-state index in [4.69, 9.17) is 5.73 Å². The van der Waals surface area contributed by atoms with Gasteiger partial charge in [0.15, 0.2) is 5.69 Å². The van der Waals surface area contributed by atoms with E-state index in [1.165, 1.54) is 4.40 Å². The van der Waals surface area contributed by atoms with Crippen molar-refractivity contribution in [3.63, 3.8) is 0 Å². The fourth-order valence-corrected chi connectivity index (χ4v) is 2.71. The molecule has 2 heterocycles. The zero-order valence-corrected chi connectivity index (χ0v) is 13.9. The first-order valence-electron chi connectivity index (χ1n) is 6.51. The largest absolute Gasteiger partial charge is 0.351 e. The van der Waals surface area contributed by atoms with Gasteiger partial charge in [0.05, 0.1) is 5.52 Å². The molecule has 0 fully saturated rings. The molecular weight excluding hydrogens is 328 g/mol. The van der Waals surface area contributed by atoms with E-state index in [-0.39, 0.29) is 29.3 Å². The first-order chi connectivity index (χ1) is 9.80. The molecule has 0 spiro atoms. The first-order valence-corrected chi connectivity index (χ1v) is 8.41. The topological polar surface area (TPSA) is 107 Å². The molecule has 3 N–H and O–H groups in total. The average Bonchev–Trinajstić information content (AvgIpc) is 2.77. The third-order valence-corrected chi connectivity index (χ3v) is 3.90. The molecule has 2 aromatic heterocycles. The van der Waals surface area contributed by atoms with Crippen LogP contribution in [-0.4, -0.2) is 42.6 Å². The van der Waals surface area contributed by atoms with Gasteiger partial charge in [-0.2, -0.15) is 0 Å². The molecule has 0 aliphatic rings. The molecule has 0 aromatic carbocycles. The number of nitrogens with one attached hydrogen (secondary N) is 1. The lowest BCUT2D eigenvalue weighted by Crippen LogP contribution is -2.29. The smallest absolute Gasteiger partial charge is 0.272 e. The summed E-state index contributed by atoms with van der Waals surface area (Å²) >= 11 is 0. The third kappa shape index (κ3) is 3.96. The Morgan fingerprint density at radius 2 is 2.14 bits per heavy atom. The molecule has 0 bridgehead atoms. The molecule has 1 unspecified atom stereocenters. The number of aromatic nitrogens is 2. The fraction of sp³-hybridized carbons (Fsp3) is 0.385. The number of hydrogen-bond donors (Lipinski definition) is 2. The highest BCUT2D eigenvalue weighted by molar-refractivity contribution is 7.90. The zero-order valence-electron chi connectivity index (χ0n) is 12.3. The van der Waals surface area contributed by atoms with Gasteiger partial charge in [-0.25, -0.2) is 13.4 Å². The van der Waals surface area contributed by atoms with Crippen molar-refractivity contribution in [3.8, 4) is 0 Å². The van der Waals surface area contributed by atoms with Crippen molar-refractivity contribution < 1.29 is 13.2 Å². The highest BCUT2D eigenvalue weighted by Crippen LogP contribution is 2.16. The zero-order chi connectivity index (χ0) is 15.6. The quantitative estimate of drug-likeness (QED) is 0.825. The van der Waals surface area contributed by atoms with Crippen molar-refractivity contribution in [2.45, 2.75) is 24.5 Å². The molecule has 2 rings (SSSR count). The van der Waals surface area contributed by atoms with Crippen molar-refractivity contribution in [1.29, 1.82) is 0 Å². The van der Waals surface area contributed by atoms with Crippen molar-refractivity contribution in [2.24, 2.45) is 5.73 Å². The monoisotopic (exact) mass is 346 g/mol. The predicted octanol–water partition coefficient (Wildman–Crippen LogP) is 0.627. The van der Waals surface area contributed by atoms with E-state index in [1.54, 1.807) is 24.4 Å². The van der Waals surface area contributed by atoms with E-state index in [2.05, 4.69) is 10.3 Å². The van der Waals surface area contributed by atoms with Crippen molar-refractivity contribution in [2.75, 3.05) is 12.8 Å². The maximum absolute atomic E-state index is 12.2. The standard InChI is InChI=1S/C13H18N4O3S.ClH/c1-9(14)6-7-15-12(18)11-10-5-3-4-8-17(10)13(16-11)21(2,19)20;/h3-5,8-9H,6-7,14H2,1-2H3,(H,15,18);1H. The average molecular weight is 347 g/mol. The van der Waals surface area contributed by atoms with Crippen LogP contribution in [0.1, 0.15) is 23.8 Å². The molecule has 0 aliphatic heterocycles. The van der Waals surface area contributed by atoms with Crippen LogP contribution < -0.4 is 11.1 Å². The number of carbonyl (C=O) groups is 1. The molecule has 0 aliphatic carbocycles. The van der Waals surface area contributed by atoms with E-state index in [0.29, 0.717) is 18.5 Å². The van der Waals surface area contributed by atoms with Crippen LogP contribution in [0.25, 0.3) is 5.52 Å². The predicted molar refractivity (Wildman–Crippen MR) is 86.1 cm³/mol. The number of imidazole rings is 1. The van der Waals surface area contributed by atoms with Gasteiger partial charge in [0.2, 0.25) is 15.0 Å². The number of nitrogens with zero attached hydrogens (tertiary/aromatic N) is 2. The molecular formula is C13H19ClN4O3S. The van der Waals surface area contributed by atoms with Crippen LogP contribution >= 0.6 is 12.4 Å². The number of hydrogen-bond acceptors (Lipinski definition) is 5. The van der Waals surface area contributed by atoms with Gasteiger partial charge in [-0.05, 0) is 25.5 Å². The second kappa shape index (κ2) is 7.08. The maximum atomic E-state index is 12.2. The van der Waals surface area contributed by atoms with E-state index < -0.39 is 15.7 Å². The minimum absolute atomic E-state index is 0. The number of carbonyl (C=O) groups excluding carboxylic acids is 1. The van der Waals surface area contributed by atoms with E-state index in [0.717, 1.165) is 6.26 Å². The molecule has 1 atom stereocenters. The maximum Gasteiger partial charge on any atom is 0.272 e. The summed E-state index contributed by atoms with van der Waals surface area (Å²) in [5.74, 6) is -0.408. The Morgan fingerprint density at radius 1 is 1.45 bits per heavy atom. The van der Waals surface area contributed by atoms with Gasteiger partial charge in [0, 0.05) is 25.0 Å². The Labute approximate surface area is 135 Å². The number of pyridine rings is 1. The van der Waals surface area contributed by atoms with Crippen molar-refractivity contribution in [1.82, 2.24) is 14.7 Å². The molecule has 122 valence electrons. The number of nitrogens with two attached hydrogens (primary N) is 1. The highest BCUT2D eigenvalue weighted by atomic mass is 35.5. The fourth-order valence-electron chi connectivity index (χ4n) is 1.94. The lowest BCUT2D eigenvalue weighted by Gasteiger charge is -2.05. The molecule has 0 radical (unpaired) electrons. The van der Waals surface area contributed by atoms with Gasteiger partial charge in [-0.15, -0.1) is 12.4 Å². The summed E-state index contributed by atoms with van der Waals surface area (Å²) in [6.07, 6.45) is 3.26. The summed E-state index contributed by atoms with van der Waals surface area (Å²) in [5.41, 5.74) is 6.17. The van der Waals surface area contributed by atoms with Crippen LogP contribution in [-0.2, 0) is 9.84 Å². The lowest BCUT2D eigenvalue weighted by molar-refractivity contribution is 0.0949. The van der Waals surface area contributed by atoms with Crippen molar-refractivity contribution >= 4 is 33.7 Å². The lowest BCUT2D eigenvalue weighted by atomic mass is 10.2. The van der Waals surface area contributed by atoms with Crippen LogP contribution in [0.2, 0.25) is 0 Å². The van der Waals surface area contributed by atoms with Crippen molar-refractivity contribution in [3.05, 3.63) is 30.1 Å². The third-order valence-electron chi connectivity index (χ3n) is 2.95. The SMILES string of the molecule is CC(N)CCNC(=O)c1nc(S(C)(=O)=O)n2ccccc12.Cl. The second-order valence-corrected chi connectivity index (χ2v) is 6.90. The Bertz CT molecular complexity index is 771. The number of halogens is 1. The molecule has 1 amide bonds. The van der Waals surface area contributed by atoms with Crippen LogP contribution in [0.4, 0.5) is 0 Å². The summed E-state index contributed by atoms with van der Waals surface area (Å²) in [7, 11) is -3.52. The van der Waals surface area contributed by atoms with Crippen LogP contribution in [0.3, 0.4) is 0 Å². The van der Waals surface area contributed by atoms with Gasteiger partial charge >= 0.3 is 0 Å². The molecule has 7 nitrogen and oxygen atoms in total. The Hall–Kier alpha value is -1.64.